The molecule has 0 bridgehead atoms. The van der Waals surface area contributed by atoms with Gasteiger partial charge in [0.05, 0.1) is 6.61 Å². The summed E-state index contributed by atoms with van der Waals surface area (Å²) < 4.78 is 5.69. The highest BCUT2D eigenvalue weighted by Crippen LogP contribution is 2.37. The van der Waals surface area contributed by atoms with E-state index in [0.29, 0.717) is 11.8 Å². The van der Waals surface area contributed by atoms with Crippen LogP contribution >= 0.6 is 0 Å². The summed E-state index contributed by atoms with van der Waals surface area (Å²) in [7, 11) is 0. The van der Waals surface area contributed by atoms with E-state index in [1.165, 1.54) is 5.56 Å². The Morgan fingerprint density at radius 1 is 1.31 bits per heavy atom. The van der Waals surface area contributed by atoms with Crippen LogP contribution in [0.25, 0.3) is 0 Å². The summed E-state index contributed by atoms with van der Waals surface area (Å²) in [5.74, 6) is 2.00. The lowest BCUT2D eigenvalue weighted by Gasteiger charge is -2.26. The molecule has 2 N–H and O–H groups in total. The SMILES string of the molecule is CCC(CC)C(N)C1COc2ccccc21. The molecule has 0 spiro atoms. The first-order valence-corrected chi connectivity index (χ1v) is 6.25. The molecule has 0 aliphatic carbocycles. The summed E-state index contributed by atoms with van der Waals surface area (Å²) in [6, 6.07) is 8.49. The van der Waals surface area contributed by atoms with E-state index in [1.54, 1.807) is 0 Å². The topological polar surface area (TPSA) is 35.2 Å². The van der Waals surface area contributed by atoms with Gasteiger partial charge < -0.3 is 10.5 Å². The number of fused-ring (bicyclic) bond motifs is 1. The largest absolute Gasteiger partial charge is 0.493 e. The summed E-state index contributed by atoms with van der Waals surface area (Å²) in [5, 5.41) is 0. The minimum absolute atomic E-state index is 0.221. The van der Waals surface area contributed by atoms with Gasteiger partial charge in [-0.1, -0.05) is 44.9 Å². The smallest absolute Gasteiger partial charge is 0.122 e. The molecular weight excluding hydrogens is 198 g/mol. The van der Waals surface area contributed by atoms with Crippen molar-refractivity contribution in [3.05, 3.63) is 29.8 Å². The fraction of sp³-hybridized carbons (Fsp3) is 0.571. The van der Waals surface area contributed by atoms with Crippen LogP contribution in [0.2, 0.25) is 0 Å². The summed E-state index contributed by atoms with van der Waals surface area (Å²) in [6.45, 7) is 5.18. The molecule has 2 heteroatoms. The lowest BCUT2D eigenvalue weighted by molar-refractivity contribution is 0.274. The lowest BCUT2D eigenvalue weighted by Crippen LogP contribution is -2.36. The van der Waals surface area contributed by atoms with E-state index in [2.05, 4.69) is 26.0 Å². The lowest BCUT2D eigenvalue weighted by atomic mass is 9.83. The maximum atomic E-state index is 6.38. The van der Waals surface area contributed by atoms with Gasteiger partial charge in [-0.05, 0) is 12.0 Å². The van der Waals surface area contributed by atoms with Gasteiger partial charge in [-0.15, -0.1) is 0 Å². The molecule has 0 saturated carbocycles. The Labute approximate surface area is 97.8 Å². The average Bonchev–Trinajstić information content (AvgIpc) is 2.74. The Bertz CT molecular complexity index is 346. The van der Waals surface area contributed by atoms with Crippen molar-refractivity contribution in [1.29, 1.82) is 0 Å². The first-order chi connectivity index (χ1) is 7.77. The van der Waals surface area contributed by atoms with Crippen molar-refractivity contribution in [1.82, 2.24) is 0 Å². The van der Waals surface area contributed by atoms with Crippen molar-refractivity contribution in [2.75, 3.05) is 6.61 Å². The van der Waals surface area contributed by atoms with Gasteiger partial charge in [0.1, 0.15) is 5.75 Å². The van der Waals surface area contributed by atoms with Crippen LogP contribution in [0.3, 0.4) is 0 Å². The zero-order valence-corrected chi connectivity index (χ0v) is 10.1. The number of hydrogen-bond donors (Lipinski definition) is 1. The zero-order chi connectivity index (χ0) is 11.5. The van der Waals surface area contributed by atoms with E-state index in [9.17, 15) is 0 Å². The highest BCUT2D eigenvalue weighted by molar-refractivity contribution is 5.40. The summed E-state index contributed by atoms with van der Waals surface area (Å²) >= 11 is 0. The normalized spacial score (nSPS) is 20.6. The summed E-state index contributed by atoms with van der Waals surface area (Å²) in [4.78, 5) is 0. The average molecular weight is 219 g/mol. The van der Waals surface area contributed by atoms with Crippen LogP contribution in [0, 0.1) is 5.92 Å². The third-order valence-electron chi connectivity index (χ3n) is 3.79. The Morgan fingerprint density at radius 3 is 2.69 bits per heavy atom. The highest BCUT2D eigenvalue weighted by atomic mass is 16.5. The quantitative estimate of drug-likeness (QED) is 0.845. The molecule has 1 aromatic rings. The van der Waals surface area contributed by atoms with Crippen molar-refractivity contribution < 1.29 is 4.74 Å². The second-order valence-corrected chi connectivity index (χ2v) is 4.61. The van der Waals surface area contributed by atoms with Crippen LogP contribution in [0.4, 0.5) is 0 Å². The van der Waals surface area contributed by atoms with Crippen LogP contribution in [0.5, 0.6) is 5.75 Å². The summed E-state index contributed by atoms with van der Waals surface area (Å²) in [6.07, 6.45) is 2.30. The monoisotopic (exact) mass is 219 g/mol. The van der Waals surface area contributed by atoms with Crippen molar-refractivity contribution >= 4 is 0 Å². The number of hydrogen-bond acceptors (Lipinski definition) is 2. The third-order valence-corrected chi connectivity index (χ3v) is 3.79. The van der Waals surface area contributed by atoms with Gasteiger partial charge in [0.2, 0.25) is 0 Å². The Balaban J connectivity index is 2.18. The van der Waals surface area contributed by atoms with Crippen molar-refractivity contribution in [3.8, 4) is 5.75 Å². The Morgan fingerprint density at radius 2 is 2.00 bits per heavy atom. The van der Waals surface area contributed by atoms with Crippen molar-refractivity contribution in [3.63, 3.8) is 0 Å². The maximum Gasteiger partial charge on any atom is 0.122 e. The molecule has 2 rings (SSSR count). The van der Waals surface area contributed by atoms with Crippen LogP contribution in [-0.4, -0.2) is 12.6 Å². The van der Waals surface area contributed by atoms with E-state index >= 15 is 0 Å². The Hall–Kier alpha value is -1.02. The molecule has 1 aromatic carbocycles. The molecule has 1 aliphatic heterocycles. The molecule has 2 nitrogen and oxygen atoms in total. The fourth-order valence-electron chi connectivity index (χ4n) is 2.67. The zero-order valence-electron chi connectivity index (χ0n) is 10.1. The van der Waals surface area contributed by atoms with E-state index in [1.807, 2.05) is 12.1 Å². The van der Waals surface area contributed by atoms with Gasteiger partial charge in [0.15, 0.2) is 0 Å². The van der Waals surface area contributed by atoms with E-state index in [4.69, 9.17) is 10.5 Å². The van der Waals surface area contributed by atoms with Gasteiger partial charge in [-0.2, -0.15) is 0 Å². The molecule has 0 saturated heterocycles. The molecule has 0 fully saturated rings. The second-order valence-electron chi connectivity index (χ2n) is 4.61. The van der Waals surface area contributed by atoms with E-state index in [0.717, 1.165) is 25.2 Å². The van der Waals surface area contributed by atoms with Crippen molar-refractivity contribution in [2.24, 2.45) is 11.7 Å². The van der Waals surface area contributed by atoms with Crippen molar-refractivity contribution in [2.45, 2.75) is 38.6 Å². The van der Waals surface area contributed by atoms with Gasteiger partial charge in [-0.3, -0.25) is 0 Å². The predicted molar refractivity (Wildman–Crippen MR) is 66.7 cm³/mol. The van der Waals surface area contributed by atoms with Crippen LogP contribution in [0.1, 0.15) is 38.2 Å². The number of nitrogens with two attached hydrogens (primary N) is 1. The van der Waals surface area contributed by atoms with Gasteiger partial charge in [-0.25, -0.2) is 0 Å². The minimum atomic E-state index is 0.221. The first-order valence-electron chi connectivity index (χ1n) is 6.25. The molecule has 0 radical (unpaired) electrons. The maximum absolute atomic E-state index is 6.38. The first kappa shape index (κ1) is 11.5. The fourth-order valence-corrected chi connectivity index (χ4v) is 2.67. The molecule has 2 atom stereocenters. The van der Waals surface area contributed by atoms with Gasteiger partial charge >= 0.3 is 0 Å². The number of para-hydroxylation sites is 1. The molecule has 1 aliphatic rings. The van der Waals surface area contributed by atoms with E-state index in [-0.39, 0.29) is 6.04 Å². The number of benzene rings is 1. The molecule has 0 aromatic heterocycles. The van der Waals surface area contributed by atoms with Gasteiger partial charge in [0.25, 0.3) is 0 Å². The van der Waals surface area contributed by atoms with Gasteiger partial charge in [0, 0.05) is 17.5 Å². The van der Waals surface area contributed by atoms with E-state index < -0.39 is 0 Å². The summed E-state index contributed by atoms with van der Waals surface area (Å²) in [5.41, 5.74) is 7.67. The molecule has 1 heterocycles. The molecule has 16 heavy (non-hydrogen) atoms. The number of ether oxygens (including phenoxy) is 1. The minimum Gasteiger partial charge on any atom is -0.493 e. The number of rotatable bonds is 4. The highest BCUT2D eigenvalue weighted by Gasteiger charge is 2.32. The molecule has 2 unspecified atom stereocenters. The predicted octanol–water partition coefficient (Wildman–Crippen LogP) is 2.93. The second kappa shape index (κ2) is 4.88. The van der Waals surface area contributed by atoms with Crippen LogP contribution in [0.15, 0.2) is 24.3 Å². The molecule has 0 amide bonds. The van der Waals surface area contributed by atoms with Crippen LogP contribution in [-0.2, 0) is 0 Å². The third kappa shape index (κ3) is 1.94. The van der Waals surface area contributed by atoms with Crippen LogP contribution < -0.4 is 10.5 Å². The molecule has 88 valence electrons. The molecular formula is C14H21NO. The standard InChI is InChI=1S/C14H21NO/c1-3-10(4-2)14(15)12-9-16-13-8-6-5-7-11(12)13/h5-8,10,12,14H,3-4,9,15H2,1-2H3. The Kier molecular flexibility index (Phi) is 3.49.